The number of anilines is 1. The molecule has 3 heterocycles. The third-order valence-corrected chi connectivity index (χ3v) is 4.72. The van der Waals surface area contributed by atoms with Crippen molar-refractivity contribution < 1.29 is 18.0 Å². The van der Waals surface area contributed by atoms with Crippen molar-refractivity contribution in [3.8, 4) is 0 Å². The van der Waals surface area contributed by atoms with Crippen LogP contribution in [-0.2, 0) is 20.3 Å². The number of aryl methyl sites for hydroxylation is 1. The van der Waals surface area contributed by atoms with Gasteiger partial charge < -0.3 is 10.6 Å². The normalized spacial score (nSPS) is 11.5. The van der Waals surface area contributed by atoms with Gasteiger partial charge in [0.2, 0.25) is 0 Å². The maximum Gasteiger partial charge on any atom is 0.417 e. The number of nitrogens with one attached hydrogen (secondary N) is 2. The molecule has 31 heavy (non-hydrogen) atoms. The molecule has 3 aromatic heterocycles. The lowest BCUT2D eigenvalue weighted by Gasteiger charge is -2.11. The average molecular weight is 457 g/mol. The standard InChI is InChI=1S/C18H16ClF3N6O3/c1-27-14-11(16(30)28(2)17(27)31)5-9(7-26-14)15(29)24-4-3-23-13-12(19)6-10(8-25-13)18(20,21)22/h5-8H,3-4H2,1-2H3,(H,23,25)(H,24,29). The first-order chi connectivity index (χ1) is 14.5. The summed E-state index contributed by atoms with van der Waals surface area (Å²) in [6, 6.07) is 2.09. The first-order valence-electron chi connectivity index (χ1n) is 8.81. The predicted octanol–water partition coefficient (Wildman–Crippen LogP) is 1.54. The van der Waals surface area contributed by atoms with E-state index in [0.717, 1.165) is 10.6 Å². The molecule has 1 amide bonds. The second kappa shape index (κ2) is 8.38. The Hall–Kier alpha value is -3.41. The number of rotatable bonds is 5. The Kier molecular flexibility index (Phi) is 6.02. The number of carbonyl (C=O) groups is 1. The number of hydrogen-bond donors (Lipinski definition) is 2. The summed E-state index contributed by atoms with van der Waals surface area (Å²) in [7, 11) is 2.78. The van der Waals surface area contributed by atoms with Crippen molar-refractivity contribution >= 4 is 34.4 Å². The summed E-state index contributed by atoms with van der Waals surface area (Å²) in [4.78, 5) is 44.2. The molecule has 3 aromatic rings. The molecule has 0 radical (unpaired) electrons. The number of fused-ring (bicyclic) bond motifs is 1. The van der Waals surface area contributed by atoms with Gasteiger partial charge in [0.05, 0.1) is 21.5 Å². The zero-order chi connectivity index (χ0) is 22.9. The topological polar surface area (TPSA) is 111 Å². The van der Waals surface area contributed by atoms with Crippen LogP contribution in [0.2, 0.25) is 5.02 Å². The molecule has 0 fully saturated rings. The fourth-order valence-electron chi connectivity index (χ4n) is 2.77. The minimum atomic E-state index is -4.55. The molecular weight excluding hydrogens is 441 g/mol. The highest BCUT2D eigenvalue weighted by molar-refractivity contribution is 6.32. The van der Waals surface area contributed by atoms with Crippen LogP contribution in [0, 0.1) is 0 Å². The van der Waals surface area contributed by atoms with E-state index in [1.54, 1.807) is 0 Å². The lowest BCUT2D eigenvalue weighted by Crippen LogP contribution is -2.37. The Labute approximate surface area is 177 Å². The quantitative estimate of drug-likeness (QED) is 0.563. The van der Waals surface area contributed by atoms with E-state index in [4.69, 9.17) is 11.6 Å². The molecule has 164 valence electrons. The molecule has 0 aliphatic carbocycles. The van der Waals surface area contributed by atoms with Crippen molar-refractivity contribution in [3.05, 3.63) is 61.5 Å². The van der Waals surface area contributed by atoms with Crippen LogP contribution in [-0.4, -0.2) is 38.1 Å². The minimum Gasteiger partial charge on any atom is -0.367 e. The van der Waals surface area contributed by atoms with E-state index in [-0.39, 0.29) is 40.5 Å². The molecule has 0 bridgehead atoms. The van der Waals surface area contributed by atoms with E-state index < -0.39 is 28.9 Å². The van der Waals surface area contributed by atoms with Gasteiger partial charge in [0, 0.05) is 39.6 Å². The summed E-state index contributed by atoms with van der Waals surface area (Å²) in [5, 5.41) is 5.21. The van der Waals surface area contributed by atoms with Crippen LogP contribution in [0.1, 0.15) is 15.9 Å². The van der Waals surface area contributed by atoms with E-state index in [9.17, 15) is 27.6 Å². The number of nitrogens with zero attached hydrogens (tertiary/aromatic N) is 4. The third kappa shape index (κ3) is 4.53. The van der Waals surface area contributed by atoms with E-state index in [1.807, 2.05) is 0 Å². The second-order valence-electron chi connectivity index (χ2n) is 6.54. The Morgan fingerprint density at radius 2 is 1.81 bits per heavy atom. The molecule has 3 rings (SSSR count). The minimum absolute atomic E-state index is 0.0423. The molecule has 0 saturated heterocycles. The first-order valence-corrected chi connectivity index (χ1v) is 9.19. The maximum absolute atomic E-state index is 12.6. The van der Waals surface area contributed by atoms with Gasteiger partial charge in [0.1, 0.15) is 11.5 Å². The van der Waals surface area contributed by atoms with Gasteiger partial charge in [-0.2, -0.15) is 13.2 Å². The van der Waals surface area contributed by atoms with Crippen molar-refractivity contribution in [3.63, 3.8) is 0 Å². The Bertz CT molecular complexity index is 1290. The smallest absolute Gasteiger partial charge is 0.367 e. The Balaban J connectivity index is 1.66. The van der Waals surface area contributed by atoms with Crippen LogP contribution < -0.4 is 21.9 Å². The molecule has 0 saturated carbocycles. The Morgan fingerprint density at radius 3 is 2.45 bits per heavy atom. The highest BCUT2D eigenvalue weighted by atomic mass is 35.5. The van der Waals surface area contributed by atoms with Crippen LogP contribution in [0.25, 0.3) is 11.0 Å². The maximum atomic E-state index is 12.6. The van der Waals surface area contributed by atoms with Crippen LogP contribution >= 0.6 is 11.6 Å². The summed E-state index contributed by atoms with van der Waals surface area (Å²) >= 11 is 5.80. The van der Waals surface area contributed by atoms with Crippen molar-refractivity contribution in [2.24, 2.45) is 14.1 Å². The molecule has 0 atom stereocenters. The van der Waals surface area contributed by atoms with Crippen molar-refractivity contribution in [2.75, 3.05) is 18.4 Å². The lowest BCUT2D eigenvalue weighted by atomic mass is 10.2. The molecule has 13 heteroatoms. The van der Waals surface area contributed by atoms with Crippen LogP contribution in [0.4, 0.5) is 19.0 Å². The van der Waals surface area contributed by atoms with Gasteiger partial charge in [-0.3, -0.25) is 18.7 Å². The summed E-state index contributed by atoms with van der Waals surface area (Å²) in [6.07, 6.45) is -2.66. The number of amides is 1. The van der Waals surface area contributed by atoms with E-state index in [1.165, 1.54) is 30.9 Å². The lowest BCUT2D eigenvalue weighted by molar-refractivity contribution is -0.137. The summed E-state index contributed by atoms with van der Waals surface area (Å²) in [5.74, 6) is -0.487. The number of hydrogen-bond acceptors (Lipinski definition) is 6. The van der Waals surface area contributed by atoms with Crippen LogP contribution in [0.15, 0.2) is 34.1 Å². The van der Waals surface area contributed by atoms with Crippen molar-refractivity contribution in [2.45, 2.75) is 6.18 Å². The first kappa shape index (κ1) is 22.3. The fraction of sp³-hybridized carbons (Fsp3) is 0.278. The predicted molar refractivity (Wildman–Crippen MR) is 107 cm³/mol. The summed E-state index contributed by atoms with van der Waals surface area (Å²) in [6.45, 7) is 0.211. The zero-order valence-corrected chi connectivity index (χ0v) is 17.0. The number of carbonyl (C=O) groups excluding carboxylic acids is 1. The SMILES string of the molecule is Cn1c(=O)c2cc(C(=O)NCCNc3ncc(C(F)(F)F)cc3Cl)cnc2n(C)c1=O. The van der Waals surface area contributed by atoms with Crippen LogP contribution in [0.5, 0.6) is 0 Å². The largest absolute Gasteiger partial charge is 0.417 e. The zero-order valence-electron chi connectivity index (χ0n) is 16.2. The molecule has 0 spiro atoms. The monoisotopic (exact) mass is 456 g/mol. The third-order valence-electron chi connectivity index (χ3n) is 4.43. The number of alkyl halides is 3. The molecule has 0 aromatic carbocycles. The van der Waals surface area contributed by atoms with Gasteiger partial charge in [0.15, 0.2) is 0 Å². The van der Waals surface area contributed by atoms with Gasteiger partial charge in [-0.1, -0.05) is 11.6 Å². The molecule has 0 unspecified atom stereocenters. The van der Waals surface area contributed by atoms with Crippen LogP contribution in [0.3, 0.4) is 0 Å². The van der Waals surface area contributed by atoms with E-state index in [2.05, 4.69) is 20.6 Å². The van der Waals surface area contributed by atoms with Gasteiger partial charge in [-0.05, 0) is 12.1 Å². The summed E-state index contributed by atoms with van der Waals surface area (Å²) in [5.41, 5.74) is -1.83. The number of halogens is 4. The van der Waals surface area contributed by atoms with Gasteiger partial charge >= 0.3 is 11.9 Å². The summed E-state index contributed by atoms with van der Waals surface area (Å²) < 4.78 is 40.0. The molecular formula is C18H16ClF3N6O3. The molecule has 9 nitrogen and oxygen atoms in total. The van der Waals surface area contributed by atoms with E-state index in [0.29, 0.717) is 6.20 Å². The van der Waals surface area contributed by atoms with Gasteiger partial charge in [-0.15, -0.1) is 0 Å². The molecule has 0 aliphatic heterocycles. The second-order valence-corrected chi connectivity index (χ2v) is 6.94. The highest BCUT2D eigenvalue weighted by Crippen LogP contribution is 2.32. The number of pyridine rings is 2. The molecule has 2 N–H and O–H groups in total. The average Bonchev–Trinajstić information content (AvgIpc) is 2.73. The van der Waals surface area contributed by atoms with E-state index >= 15 is 0 Å². The van der Waals surface area contributed by atoms with Crippen molar-refractivity contribution in [1.29, 1.82) is 0 Å². The Morgan fingerprint density at radius 1 is 1.10 bits per heavy atom. The molecule has 0 aliphatic rings. The fourth-order valence-corrected chi connectivity index (χ4v) is 3.00. The van der Waals surface area contributed by atoms with Gasteiger partial charge in [0.25, 0.3) is 11.5 Å². The number of aromatic nitrogens is 4. The van der Waals surface area contributed by atoms with Gasteiger partial charge in [-0.25, -0.2) is 14.8 Å². The van der Waals surface area contributed by atoms with Crippen molar-refractivity contribution in [1.82, 2.24) is 24.4 Å². The highest BCUT2D eigenvalue weighted by Gasteiger charge is 2.31.